The van der Waals surface area contributed by atoms with E-state index < -0.39 is 0 Å². The second-order valence-corrected chi connectivity index (χ2v) is 11.2. The van der Waals surface area contributed by atoms with Crippen molar-refractivity contribution in [2.24, 2.45) is 4.99 Å². The van der Waals surface area contributed by atoms with Crippen LogP contribution in [0.4, 0.5) is 5.69 Å². The number of nitrogens with one attached hydrogen (secondary N) is 1. The molecule has 33 heavy (non-hydrogen) atoms. The van der Waals surface area contributed by atoms with E-state index in [0.29, 0.717) is 21.7 Å². The van der Waals surface area contributed by atoms with Crippen LogP contribution < -0.4 is 10.1 Å². The van der Waals surface area contributed by atoms with E-state index in [4.69, 9.17) is 16.3 Å². The number of carbonyl (C=O) groups is 1. The van der Waals surface area contributed by atoms with Crippen molar-refractivity contribution in [1.29, 1.82) is 0 Å². The predicted molar refractivity (Wildman–Crippen MR) is 154 cm³/mol. The Morgan fingerprint density at radius 3 is 2.55 bits per heavy atom. The fraction of sp³-hybridized carbons (Fsp3) is 0.120. The number of amidine groups is 1. The van der Waals surface area contributed by atoms with Crippen molar-refractivity contribution in [2.45, 2.75) is 20.5 Å². The molecule has 0 spiro atoms. The number of aliphatic imine (C=N–C) groups is 1. The predicted octanol–water partition coefficient (Wildman–Crippen LogP) is 7.64. The number of aryl methyl sites for hydroxylation is 1. The van der Waals surface area contributed by atoms with Crippen LogP contribution in [-0.2, 0) is 11.4 Å². The van der Waals surface area contributed by atoms with E-state index in [1.165, 1.54) is 17.3 Å². The minimum Gasteiger partial charge on any atom is -0.487 e. The number of nitrogens with zero attached hydrogens (tertiary/aromatic N) is 1. The van der Waals surface area contributed by atoms with Crippen LogP contribution in [0.1, 0.15) is 22.3 Å². The van der Waals surface area contributed by atoms with Crippen LogP contribution >= 0.6 is 68.5 Å². The number of amides is 1. The van der Waals surface area contributed by atoms with Gasteiger partial charge < -0.3 is 10.1 Å². The highest BCUT2D eigenvalue weighted by atomic mass is 127. The summed E-state index contributed by atoms with van der Waals surface area (Å²) in [5.41, 5.74) is 4.90. The van der Waals surface area contributed by atoms with Gasteiger partial charge in [-0.2, -0.15) is 0 Å². The molecule has 1 N–H and O–H groups in total. The summed E-state index contributed by atoms with van der Waals surface area (Å²) in [5, 5.41) is 4.03. The quantitative estimate of drug-likeness (QED) is 0.220. The van der Waals surface area contributed by atoms with E-state index >= 15 is 0 Å². The van der Waals surface area contributed by atoms with E-state index in [1.807, 2.05) is 49.4 Å². The van der Waals surface area contributed by atoms with Crippen molar-refractivity contribution in [2.75, 3.05) is 0 Å². The van der Waals surface area contributed by atoms with Gasteiger partial charge in [-0.25, -0.2) is 4.99 Å². The van der Waals surface area contributed by atoms with Crippen molar-refractivity contribution >= 4 is 91.4 Å². The van der Waals surface area contributed by atoms with Gasteiger partial charge in [0.2, 0.25) is 0 Å². The molecule has 1 aliphatic rings. The van der Waals surface area contributed by atoms with Crippen LogP contribution in [0, 0.1) is 21.0 Å². The first-order valence-corrected chi connectivity index (χ1v) is 13.4. The molecule has 0 bridgehead atoms. The molecule has 1 amide bonds. The van der Waals surface area contributed by atoms with Gasteiger partial charge in [-0.3, -0.25) is 4.79 Å². The van der Waals surface area contributed by atoms with Crippen LogP contribution in [0.15, 0.2) is 64.5 Å². The van der Waals surface area contributed by atoms with Crippen LogP contribution in [0.25, 0.3) is 6.08 Å². The molecule has 0 atom stereocenters. The van der Waals surface area contributed by atoms with E-state index in [0.717, 1.165) is 35.3 Å². The monoisotopic (exact) mass is 700 g/mol. The van der Waals surface area contributed by atoms with E-state index in [1.54, 1.807) is 0 Å². The first kappa shape index (κ1) is 24.6. The fourth-order valence-electron chi connectivity index (χ4n) is 3.22. The molecule has 1 aliphatic heterocycles. The van der Waals surface area contributed by atoms with E-state index in [-0.39, 0.29) is 5.91 Å². The summed E-state index contributed by atoms with van der Waals surface area (Å²) in [6.45, 7) is 4.49. The number of benzene rings is 3. The largest absolute Gasteiger partial charge is 0.487 e. The normalized spacial score (nSPS) is 15.8. The molecule has 1 heterocycles. The Kier molecular flexibility index (Phi) is 8.03. The number of thioether (sulfide) groups is 1. The highest BCUT2D eigenvalue weighted by molar-refractivity contribution is 14.1. The molecule has 8 heteroatoms. The lowest BCUT2D eigenvalue weighted by Gasteiger charge is -2.12. The Balaban J connectivity index is 1.52. The van der Waals surface area contributed by atoms with Gasteiger partial charge in [-0.1, -0.05) is 47.5 Å². The lowest BCUT2D eigenvalue weighted by atomic mass is 10.1. The van der Waals surface area contributed by atoms with E-state index in [2.05, 4.69) is 80.6 Å². The highest BCUT2D eigenvalue weighted by Gasteiger charge is 2.24. The minimum absolute atomic E-state index is 0.164. The average Bonchev–Trinajstić information content (AvgIpc) is 3.09. The summed E-state index contributed by atoms with van der Waals surface area (Å²) >= 11 is 12.1. The maximum Gasteiger partial charge on any atom is 0.264 e. The molecular weight excluding hydrogens is 682 g/mol. The van der Waals surface area contributed by atoms with Gasteiger partial charge in [-0.05, 0) is 118 Å². The van der Waals surface area contributed by atoms with Gasteiger partial charge in [0.05, 0.1) is 17.7 Å². The van der Waals surface area contributed by atoms with Crippen molar-refractivity contribution in [1.82, 2.24) is 5.32 Å². The lowest BCUT2D eigenvalue weighted by Crippen LogP contribution is -2.19. The summed E-state index contributed by atoms with van der Waals surface area (Å²) in [4.78, 5) is 17.7. The Bertz CT molecular complexity index is 1280. The van der Waals surface area contributed by atoms with Gasteiger partial charge >= 0.3 is 0 Å². The summed E-state index contributed by atoms with van der Waals surface area (Å²) in [5.74, 6) is 0.685. The van der Waals surface area contributed by atoms with Crippen LogP contribution in [0.3, 0.4) is 0 Å². The van der Waals surface area contributed by atoms with Gasteiger partial charge in [0, 0.05) is 5.02 Å². The molecule has 0 unspecified atom stereocenters. The summed E-state index contributed by atoms with van der Waals surface area (Å²) < 4.78 is 8.09. The zero-order valence-corrected chi connectivity index (χ0v) is 23.7. The molecule has 0 saturated carbocycles. The van der Waals surface area contributed by atoms with Crippen molar-refractivity contribution in [3.63, 3.8) is 0 Å². The molecule has 4 rings (SSSR count). The minimum atomic E-state index is -0.164. The summed E-state index contributed by atoms with van der Waals surface area (Å²) in [6.07, 6.45) is 1.88. The van der Waals surface area contributed by atoms with Crippen LogP contribution in [0.2, 0.25) is 5.02 Å². The Hall–Kier alpha value is -1.56. The van der Waals surface area contributed by atoms with Crippen LogP contribution in [-0.4, -0.2) is 11.1 Å². The summed E-state index contributed by atoms with van der Waals surface area (Å²) in [7, 11) is 0. The third-order valence-corrected chi connectivity index (χ3v) is 7.82. The highest BCUT2D eigenvalue weighted by Crippen LogP contribution is 2.34. The standard InChI is InChI=1S/C25H19ClI2N2O2S/c1-14-5-3-6-16(9-14)13-32-23-19(27)10-17(11-20(23)28)12-22-24(31)30-25(33-22)29-21-8-4-7-18(26)15(21)2/h3-12H,13H2,1-2H3,(H,29,30,31)/b22-12+. The zero-order chi connectivity index (χ0) is 23.5. The van der Waals surface area contributed by atoms with Gasteiger partial charge in [0.15, 0.2) is 5.17 Å². The number of ether oxygens (including phenoxy) is 1. The smallest absolute Gasteiger partial charge is 0.264 e. The second kappa shape index (κ2) is 10.8. The first-order chi connectivity index (χ1) is 15.8. The van der Waals surface area contributed by atoms with Crippen molar-refractivity contribution < 1.29 is 9.53 Å². The van der Waals surface area contributed by atoms with Crippen molar-refractivity contribution in [3.05, 3.63) is 93.9 Å². The zero-order valence-electron chi connectivity index (χ0n) is 17.8. The number of rotatable bonds is 5. The Morgan fingerprint density at radius 2 is 1.82 bits per heavy atom. The first-order valence-electron chi connectivity index (χ1n) is 10.0. The second-order valence-electron chi connectivity index (χ2n) is 7.46. The molecule has 3 aromatic carbocycles. The molecule has 3 aromatic rings. The SMILES string of the molecule is Cc1cccc(COc2c(I)cc(/C=C3/SC(=Nc4cccc(Cl)c4C)NC3=O)cc2I)c1. The number of halogens is 3. The number of hydrogen-bond donors (Lipinski definition) is 1. The molecule has 0 radical (unpaired) electrons. The van der Waals surface area contributed by atoms with Gasteiger partial charge in [0.25, 0.3) is 5.91 Å². The van der Waals surface area contributed by atoms with Gasteiger partial charge in [0.1, 0.15) is 12.4 Å². The lowest BCUT2D eigenvalue weighted by molar-refractivity contribution is -0.115. The number of carbonyl (C=O) groups excluding carboxylic acids is 1. The average molecular weight is 701 g/mol. The maximum absolute atomic E-state index is 12.5. The van der Waals surface area contributed by atoms with Gasteiger partial charge in [-0.15, -0.1) is 0 Å². The maximum atomic E-state index is 12.5. The molecule has 168 valence electrons. The van der Waals surface area contributed by atoms with Crippen molar-refractivity contribution in [3.8, 4) is 5.75 Å². The van der Waals surface area contributed by atoms with Crippen LogP contribution in [0.5, 0.6) is 5.75 Å². The fourth-order valence-corrected chi connectivity index (χ4v) is 6.35. The topological polar surface area (TPSA) is 50.7 Å². The molecule has 4 nitrogen and oxygen atoms in total. The molecule has 1 fully saturated rings. The molecule has 0 aliphatic carbocycles. The Labute approximate surface area is 229 Å². The molecule has 1 saturated heterocycles. The van der Waals surface area contributed by atoms with E-state index in [9.17, 15) is 4.79 Å². The third-order valence-electron chi connectivity index (χ3n) is 4.90. The summed E-state index contributed by atoms with van der Waals surface area (Å²) in [6, 6.07) is 17.9. The molecule has 0 aromatic heterocycles. The Morgan fingerprint density at radius 1 is 1.09 bits per heavy atom. The molecular formula is C25H19ClI2N2O2S. The number of hydrogen-bond acceptors (Lipinski definition) is 4. The third kappa shape index (κ3) is 6.12.